The molecule has 1 aliphatic heterocycles. The number of thioether (sulfide) groups is 1. The van der Waals surface area contributed by atoms with Crippen LogP contribution in [0.3, 0.4) is 0 Å². The van der Waals surface area contributed by atoms with Gasteiger partial charge in [-0.1, -0.05) is 0 Å². The molecule has 1 aromatic rings. The van der Waals surface area contributed by atoms with Crippen LogP contribution in [-0.4, -0.2) is 24.6 Å². The van der Waals surface area contributed by atoms with Crippen LogP contribution in [0, 0.1) is 6.92 Å². The second-order valence-corrected chi connectivity index (χ2v) is 6.57. The van der Waals surface area contributed by atoms with Crippen LogP contribution in [-0.2, 0) is 0 Å². The van der Waals surface area contributed by atoms with Gasteiger partial charge in [0.05, 0.1) is 5.69 Å². The monoisotopic (exact) mass is 314 g/mol. The standard InChI is InChI=1S/C13H19BrN2S/c1-9-7-13(11(14)8-12(9)15)16-5-3-10(17-2)4-6-16/h7-8,10H,3-6,15H2,1-2H3. The molecule has 0 aliphatic carbocycles. The van der Waals surface area contributed by atoms with E-state index in [1.807, 2.05) is 17.8 Å². The Bertz CT molecular complexity index is 401. The molecular formula is C13H19BrN2S. The second kappa shape index (κ2) is 5.53. The lowest BCUT2D eigenvalue weighted by Crippen LogP contribution is -2.34. The molecule has 0 unspecified atom stereocenters. The molecule has 1 saturated heterocycles. The average molecular weight is 315 g/mol. The molecule has 0 spiro atoms. The van der Waals surface area contributed by atoms with E-state index in [0.717, 1.165) is 34.1 Å². The summed E-state index contributed by atoms with van der Waals surface area (Å²) in [6.45, 7) is 4.36. The van der Waals surface area contributed by atoms with Gasteiger partial charge in [0.25, 0.3) is 0 Å². The van der Waals surface area contributed by atoms with Crippen molar-refractivity contribution in [3.8, 4) is 0 Å². The minimum Gasteiger partial charge on any atom is -0.398 e. The molecule has 1 aromatic carbocycles. The van der Waals surface area contributed by atoms with Crippen LogP contribution in [0.25, 0.3) is 0 Å². The lowest BCUT2D eigenvalue weighted by atomic mass is 10.1. The zero-order valence-corrected chi connectivity index (χ0v) is 12.8. The van der Waals surface area contributed by atoms with E-state index in [-0.39, 0.29) is 0 Å². The first-order chi connectivity index (χ1) is 8.11. The van der Waals surface area contributed by atoms with E-state index in [1.54, 1.807) is 0 Å². The summed E-state index contributed by atoms with van der Waals surface area (Å²) in [5.41, 5.74) is 9.22. The number of nitrogens with zero attached hydrogens (tertiary/aromatic N) is 1. The number of hydrogen-bond acceptors (Lipinski definition) is 3. The van der Waals surface area contributed by atoms with Gasteiger partial charge in [-0.25, -0.2) is 0 Å². The number of piperidine rings is 1. The first-order valence-corrected chi connectivity index (χ1v) is 8.03. The summed E-state index contributed by atoms with van der Waals surface area (Å²) in [5.74, 6) is 0. The number of benzene rings is 1. The summed E-state index contributed by atoms with van der Waals surface area (Å²) in [7, 11) is 0. The maximum absolute atomic E-state index is 5.91. The maximum atomic E-state index is 5.91. The van der Waals surface area contributed by atoms with Gasteiger partial charge in [0, 0.05) is 28.5 Å². The van der Waals surface area contributed by atoms with Gasteiger partial charge in [-0.15, -0.1) is 0 Å². The zero-order valence-electron chi connectivity index (χ0n) is 10.4. The average Bonchev–Trinajstić information content (AvgIpc) is 2.34. The summed E-state index contributed by atoms with van der Waals surface area (Å²) in [6.07, 6.45) is 4.76. The Balaban J connectivity index is 2.16. The highest BCUT2D eigenvalue weighted by molar-refractivity contribution is 9.10. The van der Waals surface area contributed by atoms with Gasteiger partial charge in [0.2, 0.25) is 0 Å². The summed E-state index contributed by atoms with van der Waals surface area (Å²) in [6, 6.07) is 4.21. The molecule has 2 N–H and O–H groups in total. The lowest BCUT2D eigenvalue weighted by Gasteiger charge is -2.33. The number of nitrogen functional groups attached to an aromatic ring is 1. The summed E-state index contributed by atoms with van der Waals surface area (Å²) >= 11 is 5.62. The highest BCUT2D eigenvalue weighted by Crippen LogP contribution is 2.33. The van der Waals surface area contributed by atoms with Crippen molar-refractivity contribution in [3.63, 3.8) is 0 Å². The smallest absolute Gasteiger partial charge is 0.0514 e. The molecule has 94 valence electrons. The van der Waals surface area contributed by atoms with Crippen molar-refractivity contribution in [2.75, 3.05) is 30.0 Å². The summed E-state index contributed by atoms with van der Waals surface area (Å²) in [4.78, 5) is 2.46. The lowest BCUT2D eigenvalue weighted by molar-refractivity contribution is 0.591. The largest absolute Gasteiger partial charge is 0.398 e. The van der Waals surface area contributed by atoms with Crippen molar-refractivity contribution in [3.05, 3.63) is 22.2 Å². The number of halogens is 1. The van der Waals surface area contributed by atoms with Crippen molar-refractivity contribution in [2.24, 2.45) is 0 Å². The number of hydrogen-bond donors (Lipinski definition) is 1. The minimum atomic E-state index is 0.833. The maximum Gasteiger partial charge on any atom is 0.0514 e. The third kappa shape index (κ3) is 2.91. The van der Waals surface area contributed by atoms with Gasteiger partial charge in [0.1, 0.15) is 0 Å². The van der Waals surface area contributed by atoms with Gasteiger partial charge >= 0.3 is 0 Å². The van der Waals surface area contributed by atoms with Crippen molar-refractivity contribution < 1.29 is 0 Å². The Labute approximate surface area is 116 Å². The highest BCUT2D eigenvalue weighted by atomic mass is 79.9. The summed E-state index contributed by atoms with van der Waals surface area (Å²) < 4.78 is 1.11. The Kier molecular flexibility index (Phi) is 4.26. The van der Waals surface area contributed by atoms with E-state index in [9.17, 15) is 0 Å². The molecule has 0 bridgehead atoms. The molecule has 2 nitrogen and oxygen atoms in total. The van der Waals surface area contributed by atoms with Crippen LogP contribution in [0.4, 0.5) is 11.4 Å². The molecule has 1 aliphatic rings. The fourth-order valence-electron chi connectivity index (χ4n) is 2.26. The molecule has 2 rings (SSSR count). The molecule has 1 fully saturated rings. The highest BCUT2D eigenvalue weighted by Gasteiger charge is 2.20. The SMILES string of the molecule is CSC1CCN(c2cc(C)c(N)cc2Br)CC1. The van der Waals surface area contributed by atoms with E-state index in [4.69, 9.17) is 5.73 Å². The van der Waals surface area contributed by atoms with E-state index in [0.29, 0.717) is 0 Å². The molecule has 0 amide bonds. The third-order valence-electron chi connectivity index (χ3n) is 3.45. The van der Waals surface area contributed by atoms with Crippen LogP contribution in [0.5, 0.6) is 0 Å². The fraction of sp³-hybridized carbons (Fsp3) is 0.538. The number of rotatable bonds is 2. The molecular weight excluding hydrogens is 296 g/mol. The van der Waals surface area contributed by atoms with Crippen LogP contribution < -0.4 is 10.6 Å². The topological polar surface area (TPSA) is 29.3 Å². The second-order valence-electron chi connectivity index (χ2n) is 4.58. The van der Waals surface area contributed by atoms with Crippen molar-refractivity contribution in [1.29, 1.82) is 0 Å². The first-order valence-electron chi connectivity index (χ1n) is 5.95. The number of nitrogens with two attached hydrogens (primary N) is 1. The zero-order chi connectivity index (χ0) is 12.4. The molecule has 4 heteroatoms. The van der Waals surface area contributed by atoms with E-state index < -0.39 is 0 Å². The van der Waals surface area contributed by atoms with E-state index in [1.165, 1.54) is 18.5 Å². The van der Waals surface area contributed by atoms with Crippen LogP contribution in [0.15, 0.2) is 16.6 Å². The quantitative estimate of drug-likeness (QED) is 0.844. The summed E-state index contributed by atoms with van der Waals surface area (Å²) in [5, 5.41) is 0.833. The van der Waals surface area contributed by atoms with Gasteiger partial charge in [-0.2, -0.15) is 11.8 Å². The normalized spacial score (nSPS) is 17.5. The molecule has 0 aromatic heterocycles. The first kappa shape index (κ1) is 13.1. The van der Waals surface area contributed by atoms with Crippen molar-refractivity contribution >= 4 is 39.1 Å². The Morgan fingerprint density at radius 3 is 2.59 bits per heavy atom. The Hall–Kier alpha value is -0.350. The Morgan fingerprint density at radius 1 is 1.35 bits per heavy atom. The number of aryl methyl sites for hydroxylation is 1. The van der Waals surface area contributed by atoms with Crippen molar-refractivity contribution in [2.45, 2.75) is 25.0 Å². The van der Waals surface area contributed by atoms with Crippen LogP contribution in [0.1, 0.15) is 18.4 Å². The van der Waals surface area contributed by atoms with Crippen LogP contribution >= 0.6 is 27.7 Å². The number of anilines is 2. The Morgan fingerprint density at radius 2 is 2.00 bits per heavy atom. The molecule has 1 heterocycles. The van der Waals surface area contributed by atoms with Crippen LogP contribution in [0.2, 0.25) is 0 Å². The third-order valence-corrected chi connectivity index (χ3v) is 5.22. The van der Waals surface area contributed by atoms with E-state index >= 15 is 0 Å². The fourth-order valence-corrected chi connectivity index (χ4v) is 3.55. The van der Waals surface area contributed by atoms with Gasteiger partial charge in [0.15, 0.2) is 0 Å². The van der Waals surface area contributed by atoms with E-state index in [2.05, 4.69) is 40.1 Å². The predicted molar refractivity (Wildman–Crippen MR) is 82.0 cm³/mol. The molecule has 0 saturated carbocycles. The van der Waals surface area contributed by atoms with Gasteiger partial charge in [-0.05, 0) is 59.6 Å². The predicted octanol–water partition coefficient (Wildman–Crippen LogP) is 3.67. The van der Waals surface area contributed by atoms with Gasteiger partial charge < -0.3 is 10.6 Å². The minimum absolute atomic E-state index is 0.833. The molecule has 0 radical (unpaired) electrons. The van der Waals surface area contributed by atoms with Gasteiger partial charge in [-0.3, -0.25) is 0 Å². The van der Waals surface area contributed by atoms with Crippen molar-refractivity contribution in [1.82, 2.24) is 0 Å². The molecule has 0 atom stereocenters. The molecule has 17 heavy (non-hydrogen) atoms.